The lowest BCUT2D eigenvalue weighted by molar-refractivity contribution is -0.137. The molecule has 0 atom stereocenters. The van der Waals surface area contributed by atoms with Crippen molar-refractivity contribution in [1.82, 2.24) is 9.97 Å². The number of rotatable bonds is 2. The summed E-state index contributed by atoms with van der Waals surface area (Å²) in [6.07, 6.45) is -4.44. The number of nitrogen functional groups attached to an aromatic ring is 2. The van der Waals surface area contributed by atoms with Crippen LogP contribution in [-0.4, -0.2) is 9.97 Å². The Morgan fingerprint density at radius 3 is 2.43 bits per heavy atom. The van der Waals surface area contributed by atoms with Crippen molar-refractivity contribution in [2.24, 2.45) is 0 Å². The first-order valence-electron chi connectivity index (χ1n) is 6.49. The first-order chi connectivity index (χ1) is 10.9. The molecule has 0 fully saturated rings. The van der Waals surface area contributed by atoms with Crippen LogP contribution in [0.1, 0.15) is 5.56 Å². The van der Waals surface area contributed by atoms with Crippen LogP contribution in [0.5, 0.6) is 0 Å². The van der Waals surface area contributed by atoms with Gasteiger partial charge in [-0.05, 0) is 34.5 Å². The minimum Gasteiger partial charge on any atom is -0.383 e. The highest BCUT2D eigenvalue weighted by atomic mass is 32.1. The Morgan fingerprint density at radius 1 is 1.00 bits per heavy atom. The number of alkyl halides is 3. The normalized spacial score (nSPS) is 11.6. The summed E-state index contributed by atoms with van der Waals surface area (Å²) >= 11 is 1.44. The van der Waals surface area contributed by atoms with Crippen LogP contribution >= 0.6 is 11.3 Å². The molecule has 23 heavy (non-hydrogen) atoms. The fraction of sp³-hybridized carbons (Fsp3) is 0.0667. The van der Waals surface area contributed by atoms with Crippen molar-refractivity contribution < 1.29 is 13.2 Å². The third-order valence-corrected chi connectivity index (χ3v) is 3.91. The van der Waals surface area contributed by atoms with E-state index in [9.17, 15) is 13.2 Å². The van der Waals surface area contributed by atoms with Crippen LogP contribution in [0.4, 0.5) is 24.9 Å². The topological polar surface area (TPSA) is 77.8 Å². The molecule has 0 radical (unpaired) electrons. The summed E-state index contributed by atoms with van der Waals surface area (Å²) in [5, 5.41) is 3.66. The highest BCUT2D eigenvalue weighted by Crippen LogP contribution is 2.38. The lowest BCUT2D eigenvalue weighted by atomic mass is 10.00. The van der Waals surface area contributed by atoms with Crippen LogP contribution in [-0.2, 0) is 6.18 Å². The van der Waals surface area contributed by atoms with Gasteiger partial charge < -0.3 is 11.5 Å². The quantitative estimate of drug-likeness (QED) is 0.740. The number of hydrogen-bond donors (Lipinski definition) is 2. The first kappa shape index (κ1) is 15.3. The monoisotopic (exact) mass is 336 g/mol. The molecule has 0 amide bonds. The van der Waals surface area contributed by atoms with E-state index in [0.717, 1.165) is 17.7 Å². The third-order valence-electron chi connectivity index (χ3n) is 3.23. The second kappa shape index (κ2) is 5.54. The van der Waals surface area contributed by atoms with Gasteiger partial charge in [0.25, 0.3) is 0 Å². The van der Waals surface area contributed by atoms with Crippen LogP contribution in [0.2, 0.25) is 0 Å². The zero-order valence-corrected chi connectivity index (χ0v) is 12.4. The maximum absolute atomic E-state index is 12.9. The molecule has 3 aromatic rings. The summed E-state index contributed by atoms with van der Waals surface area (Å²) in [6, 6.07) is 6.68. The predicted molar refractivity (Wildman–Crippen MR) is 84.6 cm³/mol. The van der Waals surface area contributed by atoms with Crippen LogP contribution < -0.4 is 11.5 Å². The Hall–Kier alpha value is -2.61. The number of halogens is 3. The zero-order valence-electron chi connectivity index (χ0n) is 11.6. The Morgan fingerprint density at radius 2 is 1.78 bits per heavy atom. The minimum absolute atomic E-state index is 0.0890. The SMILES string of the molecule is Nc1nc(N)c(-c2ccsc2)c(-c2cccc(C(F)(F)F)c2)n1. The Labute approximate surface area is 133 Å². The van der Waals surface area contributed by atoms with Gasteiger partial charge in [-0.1, -0.05) is 12.1 Å². The summed E-state index contributed by atoms with van der Waals surface area (Å²) in [6.45, 7) is 0. The number of nitrogens with two attached hydrogens (primary N) is 2. The van der Waals surface area contributed by atoms with Gasteiger partial charge in [-0.2, -0.15) is 29.5 Å². The van der Waals surface area contributed by atoms with Crippen molar-refractivity contribution in [2.75, 3.05) is 11.5 Å². The highest BCUT2D eigenvalue weighted by molar-refractivity contribution is 7.08. The second-order valence-electron chi connectivity index (χ2n) is 4.78. The van der Waals surface area contributed by atoms with Gasteiger partial charge >= 0.3 is 6.18 Å². The predicted octanol–water partition coefficient (Wildman–Crippen LogP) is 4.06. The highest BCUT2D eigenvalue weighted by Gasteiger charge is 2.31. The molecule has 0 saturated heterocycles. The maximum Gasteiger partial charge on any atom is 0.416 e. The molecule has 0 aliphatic carbocycles. The molecular weight excluding hydrogens is 325 g/mol. The molecule has 4 N–H and O–H groups in total. The summed E-state index contributed by atoms with van der Waals surface area (Å²) in [4.78, 5) is 8.02. The van der Waals surface area contributed by atoms with E-state index in [0.29, 0.717) is 5.56 Å². The number of hydrogen-bond acceptors (Lipinski definition) is 5. The van der Waals surface area contributed by atoms with E-state index < -0.39 is 11.7 Å². The molecule has 2 heterocycles. The fourth-order valence-corrected chi connectivity index (χ4v) is 2.89. The van der Waals surface area contributed by atoms with Crippen LogP contribution in [0.3, 0.4) is 0 Å². The lowest BCUT2D eigenvalue weighted by Gasteiger charge is -2.13. The molecular formula is C15H11F3N4S. The van der Waals surface area contributed by atoms with Crippen molar-refractivity contribution in [3.05, 3.63) is 46.7 Å². The van der Waals surface area contributed by atoms with E-state index in [1.165, 1.54) is 23.5 Å². The number of benzene rings is 1. The van der Waals surface area contributed by atoms with E-state index >= 15 is 0 Å². The van der Waals surface area contributed by atoms with Gasteiger partial charge in [0.05, 0.1) is 16.8 Å². The number of nitrogens with zero attached hydrogens (tertiary/aromatic N) is 2. The fourth-order valence-electron chi connectivity index (χ4n) is 2.24. The largest absolute Gasteiger partial charge is 0.416 e. The smallest absolute Gasteiger partial charge is 0.383 e. The van der Waals surface area contributed by atoms with E-state index in [1.807, 2.05) is 10.8 Å². The van der Waals surface area contributed by atoms with Gasteiger partial charge in [0, 0.05) is 5.56 Å². The molecule has 1 aromatic carbocycles. The molecule has 0 spiro atoms. The standard InChI is InChI=1S/C15H11F3N4S/c16-15(17,18)10-3-1-2-8(6-10)12-11(9-4-5-23-7-9)13(19)22-14(20)21-12/h1-7H,(H4,19,20,21,22). The van der Waals surface area contributed by atoms with Crippen molar-refractivity contribution >= 4 is 23.1 Å². The summed E-state index contributed by atoms with van der Waals surface area (Å²) in [7, 11) is 0. The van der Waals surface area contributed by atoms with Gasteiger partial charge in [0.1, 0.15) is 5.82 Å². The molecule has 4 nitrogen and oxygen atoms in total. The van der Waals surface area contributed by atoms with Gasteiger partial charge in [0.15, 0.2) is 0 Å². The van der Waals surface area contributed by atoms with Crippen molar-refractivity contribution in [3.63, 3.8) is 0 Å². The lowest BCUT2D eigenvalue weighted by Crippen LogP contribution is -2.06. The average Bonchev–Trinajstić information content (AvgIpc) is 2.99. The Kier molecular flexibility index (Phi) is 3.69. The van der Waals surface area contributed by atoms with Gasteiger partial charge in [-0.15, -0.1) is 0 Å². The van der Waals surface area contributed by atoms with Gasteiger partial charge in [-0.3, -0.25) is 0 Å². The van der Waals surface area contributed by atoms with Crippen molar-refractivity contribution in [1.29, 1.82) is 0 Å². The molecule has 2 aromatic heterocycles. The summed E-state index contributed by atoms with van der Waals surface area (Å²) in [5.41, 5.74) is 12.5. The number of anilines is 2. The van der Waals surface area contributed by atoms with E-state index in [4.69, 9.17) is 11.5 Å². The maximum atomic E-state index is 12.9. The average molecular weight is 336 g/mol. The van der Waals surface area contributed by atoms with Crippen LogP contribution in [0.15, 0.2) is 41.1 Å². The molecule has 8 heteroatoms. The molecule has 0 unspecified atom stereocenters. The van der Waals surface area contributed by atoms with E-state index in [1.54, 1.807) is 6.07 Å². The number of thiophene rings is 1. The molecule has 3 rings (SSSR count). The second-order valence-corrected chi connectivity index (χ2v) is 5.56. The minimum atomic E-state index is -4.44. The Balaban J connectivity index is 2.24. The molecule has 0 bridgehead atoms. The Bertz CT molecular complexity index is 844. The molecule has 0 aliphatic heterocycles. The summed E-state index contributed by atoms with van der Waals surface area (Å²) < 4.78 is 38.8. The zero-order chi connectivity index (χ0) is 16.6. The summed E-state index contributed by atoms with van der Waals surface area (Å²) in [5.74, 6) is 0.0391. The van der Waals surface area contributed by atoms with Crippen LogP contribution in [0.25, 0.3) is 22.4 Å². The molecule has 0 aliphatic rings. The van der Waals surface area contributed by atoms with Crippen molar-refractivity contribution in [3.8, 4) is 22.4 Å². The molecule has 118 valence electrons. The third kappa shape index (κ3) is 2.98. The van der Waals surface area contributed by atoms with E-state index in [2.05, 4.69) is 9.97 Å². The molecule has 0 saturated carbocycles. The van der Waals surface area contributed by atoms with Gasteiger partial charge in [-0.25, -0.2) is 4.98 Å². The van der Waals surface area contributed by atoms with E-state index in [-0.39, 0.29) is 23.0 Å². The van der Waals surface area contributed by atoms with Crippen LogP contribution in [0, 0.1) is 0 Å². The first-order valence-corrected chi connectivity index (χ1v) is 7.43. The number of aromatic nitrogens is 2. The van der Waals surface area contributed by atoms with Crippen molar-refractivity contribution in [2.45, 2.75) is 6.18 Å². The van der Waals surface area contributed by atoms with Gasteiger partial charge in [0.2, 0.25) is 5.95 Å².